The van der Waals surface area contributed by atoms with Crippen LogP contribution < -0.4 is 14.8 Å². The number of thiazole rings is 1. The number of aryl methyl sites for hydroxylation is 1. The van der Waals surface area contributed by atoms with Crippen molar-refractivity contribution in [1.82, 2.24) is 19.7 Å². The summed E-state index contributed by atoms with van der Waals surface area (Å²) in [6, 6.07) is 12.3. The standard InChI is InChI=1S/C25H25N5O5S2/c1-14(35-23(32)16-6-9-18(10-7-16)30-15(2)28-29-25(30)36-5)22(31)27-24-26-19(13-37-24)17-8-11-20(33-3)21(12-17)34-4/h6-14H,1-5H3,(H,26,27,31). The van der Waals surface area contributed by atoms with Gasteiger partial charge >= 0.3 is 5.97 Å². The zero-order valence-electron chi connectivity index (χ0n) is 20.8. The molecule has 10 nitrogen and oxygen atoms in total. The van der Waals surface area contributed by atoms with Crippen LogP contribution in [0.1, 0.15) is 23.1 Å². The van der Waals surface area contributed by atoms with Crippen molar-refractivity contribution in [2.45, 2.75) is 25.1 Å². The molecule has 1 N–H and O–H groups in total. The molecule has 4 aromatic rings. The van der Waals surface area contributed by atoms with E-state index in [-0.39, 0.29) is 0 Å². The van der Waals surface area contributed by atoms with Crippen LogP contribution in [0.5, 0.6) is 11.5 Å². The van der Waals surface area contributed by atoms with Gasteiger partial charge in [0.1, 0.15) is 5.82 Å². The fourth-order valence-electron chi connectivity index (χ4n) is 3.47. The van der Waals surface area contributed by atoms with Crippen molar-refractivity contribution in [2.24, 2.45) is 0 Å². The highest BCUT2D eigenvalue weighted by Gasteiger charge is 2.21. The number of carbonyl (C=O) groups is 2. The van der Waals surface area contributed by atoms with Gasteiger partial charge in [0.25, 0.3) is 5.91 Å². The fraction of sp³-hybridized carbons (Fsp3) is 0.240. The van der Waals surface area contributed by atoms with Gasteiger partial charge in [0.05, 0.1) is 25.5 Å². The number of nitrogens with zero attached hydrogens (tertiary/aromatic N) is 4. The van der Waals surface area contributed by atoms with Crippen LogP contribution in [-0.2, 0) is 9.53 Å². The summed E-state index contributed by atoms with van der Waals surface area (Å²) in [7, 11) is 3.13. The highest BCUT2D eigenvalue weighted by molar-refractivity contribution is 7.98. The smallest absolute Gasteiger partial charge is 0.338 e. The summed E-state index contributed by atoms with van der Waals surface area (Å²) in [4.78, 5) is 29.7. The van der Waals surface area contributed by atoms with E-state index in [1.807, 2.05) is 35.3 Å². The second-order valence-corrected chi connectivity index (χ2v) is 9.39. The number of carbonyl (C=O) groups excluding carboxylic acids is 2. The van der Waals surface area contributed by atoms with Gasteiger partial charge in [-0.1, -0.05) is 11.8 Å². The lowest BCUT2D eigenvalue weighted by atomic mass is 10.1. The predicted octanol–water partition coefficient (Wildman–Crippen LogP) is 4.62. The molecule has 1 amide bonds. The number of ether oxygens (including phenoxy) is 3. The zero-order valence-corrected chi connectivity index (χ0v) is 22.5. The van der Waals surface area contributed by atoms with Crippen molar-refractivity contribution < 1.29 is 23.8 Å². The predicted molar refractivity (Wildman–Crippen MR) is 142 cm³/mol. The van der Waals surface area contributed by atoms with E-state index < -0.39 is 18.0 Å². The summed E-state index contributed by atoms with van der Waals surface area (Å²) in [5.41, 5.74) is 2.62. The number of amides is 1. The maximum Gasteiger partial charge on any atom is 0.338 e. The number of hydrogen-bond donors (Lipinski definition) is 1. The molecule has 192 valence electrons. The molecule has 2 aromatic carbocycles. The number of hydrogen-bond acceptors (Lipinski definition) is 10. The fourth-order valence-corrected chi connectivity index (χ4v) is 4.73. The van der Waals surface area contributed by atoms with Gasteiger partial charge < -0.3 is 14.2 Å². The van der Waals surface area contributed by atoms with Crippen LogP contribution in [-0.4, -0.2) is 58.2 Å². The summed E-state index contributed by atoms with van der Waals surface area (Å²) >= 11 is 2.74. The molecule has 1 atom stereocenters. The first-order chi connectivity index (χ1) is 17.8. The number of anilines is 1. The average Bonchev–Trinajstić information content (AvgIpc) is 3.54. The molecule has 2 aromatic heterocycles. The van der Waals surface area contributed by atoms with Crippen molar-refractivity contribution in [3.8, 4) is 28.4 Å². The minimum atomic E-state index is -1.02. The number of aromatic nitrogens is 4. The van der Waals surface area contributed by atoms with Crippen molar-refractivity contribution in [3.05, 3.63) is 59.2 Å². The molecule has 0 saturated carbocycles. The van der Waals surface area contributed by atoms with Gasteiger partial charge in [-0.05, 0) is 62.6 Å². The van der Waals surface area contributed by atoms with Crippen LogP contribution in [0, 0.1) is 6.92 Å². The van der Waals surface area contributed by atoms with Crippen molar-refractivity contribution in [2.75, 3.05) is 25.8 Å². The van der Waals surface area contributed by atoms with Crippen LogP contribution in [0.2, 0.25) is 0 Å². The van der Waals surface area contributed by atoms with Crippen LogP contribution in [0.15, 0.2) is 53.0 Å². The minimum absolute atomic E-state index is 0.324. The molecule has 4 rings (SSSR count). The lowest BCUT2D eigenvalue weighted by Gasteiger charge is -2.13. The van der Waals surface area contributed by atoms with E-state index >= 15 is 0 Å². The number of methoxy groups -OCH3 is 2. The second kappa shape index (κ2) is 11.4. The molecule has 0 aliphatic heterocycles. The number of esters is 1. The second-order valence-electron chi connectivity index (χ2n) is 7.76. The Morgan fingerprint density at radius 3 is 2.46 bits per heavy atom. The first-order valence-corrected chi connectivity index (χ1v) is 13.2. The molecule has 1 unspecified atom stereocenters. The molecular formula is C25H25N5O5S2. The molecule has 0 saturated heterocycles. The van der Waals surface area contributed by atoms with Crippen LogP contribution in [0.25, 0.3) is 16.9 Å². The molecule has 0 aliphatic rings. The highest BCUT2D eigenvalue weighted by atomic mass is 32.2. The average molecular weight is 540 g/mol. The Hall–Kier alpha value is -3.90. The van der Waals surface area contributed by atoms with Crippen molar-refractivity contribution in [3.63, 3.8) is 0 Å². The third kappa shape index (κ3) is 5.75. The third-order valence-corrected chi connectivity index (χ3v) is 6.79. The summed E-state index contributed by atoms with van der Waals surface area (Å²) in [6.45, 7) is 3.37. The van der Waals surface area contributed by atoms with Gasteiger partial charge in [-0.2, -0.15) is 0 Å². The van der Waals surface area contributed by atoms with Gasteiger partial charge in [0.15, 0.2) is 27.9 Å². The Labute approximate surface area is 222 Å². The normalized spacial score (nSPS) is 11.6. The molecule has 0 aliphatic carbocycles. The zero-order chi connectivity index (χ0) is 26.5. The Kier molecular flexibility index (Phi) is 8.09. The third-order valence-electron chi connectivity index (χ3n) is 5.41. The summed E-state index contributed by atoms with van der Waals surface area (Å²) in [5, 5.41) is 13.9. The topological polar surface area (TPSA) is 117 Å². The summed E-state index contributed by atoms with van der Waals surface area (Å²) < 4.78 is 17.9. The largest absolute Gasteiger partial charge is 0.493 e. The maximum atomic E-state index is 12.6. The summed E-state index contributed by atoms with van der Waals surface area (Å²) in [5.74, 6) is 0.835. The maximum absolute atomic E-state index is 12.6. The van der Waals surface area contributed by atoms with E-state index in [4.69, 9.17) is 14.2 Å². The molecule has 0 spiro atoms. The summed E-state index contributed by atoms with van der Waals surface area (Å²) in [6.07, 6.45) is 0.893. The monoisotopic (exact) mass is 539 g/mol. The van der Waals surface area contributed by atoms with Crippen molar-refractivity contribution in [1.29, 1.82) is 0 Å². The Morgan fingerprint density at radius 1 is 1.05 bits per heavy atom. The SMILES string of the molecule is COc1ccc(-c2csc(NC(=O)C(C)OC(=O)c3ccc(-n4c(C)nnc4SC)cc3)n2)cc1OC. The molecule has 0 radical (unpaired) electrons. The van der Waals surface area contributed by atoms with E-state index in [0.29, 0.717) is 27.9 Å². The molecule has 12 heteroatoms. The Morgan fingerprint density at radius 2 is 1.78 bits per heavy atom. The van der Waals surface area contributed by atoms with Gasteiger partial charge in [-0.25, -0.2) is 9.78 Å². The molecule has 0 bridgehead atoms. The first-order valence-electron chi connectivity index (χ1n) is 11.1. The quantitative estimate of drug-likeness (QED) is 0.240. The Balaban J connectivity index is 1.38. The van der Waals surface area contributed by atoms with Crippen LogP contribution in [0.3, 0.4) is 0 Å². The number of thioether (sulfide) groups is 1. The van der Waals surface area contributed by atoms with Gasteiger partial charge in [0, 0.05) is 16.6 Å². The number of rotatable bonds is 9. The van der Waals surface area contributed by atoms with Crippen LogP contribution >= 0.6 is 23.1 Å². The van der Waals surface area contributed by atoms with E-state index in [9.17, 15) is 9.59 Å². The van der Waals surface area contributed by atoms with Gasteiger partial charge in [-0.15, -0.1) is 21.5 Å². The minimum Gasteiger partial charge on any atom is -0.493 e. The highest BCUT2D eigenvalue weighted by Crippen LogP contribution is 2.33. The van der Waals surface area contributed by atoms with E-state index in [0.717, 1.165) is 22.2 Å². The van der Waals surface area contributed by atoms with Gasteiger partial charge in [0.2, 0.25) is 0 Å². The lowest BCUT2D eigenvalue weighted by Crippen LogP contribution is -2.30. The van der Waals surface area contributed by atoms with Crippen LogP contribution in [0.4, 0.5) is 5.13 Å². The number of benzene rings is 2. The van der Waals surface area contributed by atoms with E-state index in [1.54, 1.807) is 44.6 Å². The lowest BCUT2D eigenvalue weighted by molar-refractivity contribution is -0.123. The molecular weight excluding hydrogens is 514 g/mol. The van der Waals surface area contributed by atoms with Crippen molar-refractivity contribution >= 4 is 40.1 Å². The molecule has 0 fully saturated rings. The first kappa shape index (κ1) is 26.2. The number of nitrogens with one attached hydrogen (secondary N) is 1. The van der Waals surface area contributed by atoms with Gasteiger partial charge in [-0.3, -0.25) is 14.7 Å². The molecule has 2 heterocycles. The molecule has 37 heavy (non-hydrogen) atoms. The Bertz CT molecular complexity index is 1420. The van der Waals surface area contributed by atoms with E-state index in [2.05, 4.69) is 20.5 Å². The van der Waals surface area contributed by atoms with E-state index in [1.165, 1.54) is 30.0 Å².